The molecular formula is C17H31N3O3. The van der Waals surface area contributed by atoms with Gasteiger partial charge in [0, 0.05) is 32.0 Å². The lowest BCUT2D eigenvalue weighted by molar-refractivity contribution is -0.138. The number of carbonyl (C=O) groups is 3. The van der Waals surface area contributed by atoms with Crippen molar-refractivity contribution in [2.24, 2.45) is 5.92 Å². The van der Waals surface area contributed by atoms with Crippen molar-refractivity contribution in [2.45, 2.75) is 71.9 Å². The molecule has 1 aliphatic rings. The molecule has 1 heterocycles. The van der Waals surface area contributed by atoms with Crippen molar-refractivity contribution in [3.63, 3.8) is 0 Å². The first-order valence-corrected chi connectivity index (χ1v) is 8.67. The van der Waals surface area contributed by atoms with Crippen LogP contribution < -0.4 is 10.6 Å². The third-order valence-corrected chi connectivity index (χ3v) is 4.10. The summed E-state index contributed by atoms with van der Waals surface area (Å²) in [6, 6.07) is -0.277. The minimum absolute atomic E-state index is 0.0191. The number of nitrogens with zero attached hydrogens (tertiary/aromatic N) is 1. The second-order valence-electron chi connectivity index (χ2n) is 6.86. The Morgan fingerprint density at radius 2 is 1.83 bits per heavy atom. The van der Waals surface area contributed by atoms with Gasteiger partial charge in [0.2, 0.25) is 17.7 Å². The van der Waals surface area contributed by atoms with Crippen LogP contribution >= 0.6 is 0 Å². The van der Waals surface area contributed by atoms with E-state index < -0.39 is 6.04 Å². The normalized spacial score (nSPS) is 19.3. The summed E-state index contributed by atoms with van der Waals surface area (Å²) in [5, 5.41) is 5.45. The molecule has 0 aromatic rings. The molecule has 1 rings (SSSR count). The highest BCUT2D eigenvalue weighted by molar-refractivity contribution is 5.87. The Balaban J connectivity index is 2.30. The lowest BCUT2D eigenvalue weighted by Gasteiger charge is -2.35. The molecule has 0 saturated carbocycles. The van der Waals surface area contributed by atoms with Gasteiger partial charge < -0.3 is 15.5 Å². The molecule has 0 bridgehead atoms. The molecule has 6 nitrogen and oxygen atoms in total. The van der Waals surface area contributed by atoms with Crippen LogP contribution in [-0.4, -0.2) is 47.8 Å². The van der Waals surface area contributed by atoms with Crippen LogP contribution in [0.5, 0.6) is 0 Å². The molecule has 0 radical (unpaired) electrons. The maximum atomic E-state index is 12.4. The zero-order chi connectivity index (χ0) is 17.4. The third-order valence-electron chi connectivity index (χ3n) is 4.10. The summed E-state index contributed by atoms with van der Waals surface area (Å²) in [5.41, 5.74) is 0. The Hall–Kier alpha value is -1.59. The van der Waals surface area contributed by atoms with Gasteiger partial charge in [-0.05, 0) is 39.0 Å². The van der Waals surface area contributed by atoms with Crippen molar-refractivity contribution < 1.29 is 14.4 Å². The number of amides is 3. The van der Waals surface area contributed by atoms with Crippen molar-refractivity contribution in [3.8, 4) is 0 Å². The van der Waals surface area contributed by atoms with E-state index in [0.717, 1.165) is 25.8 Å². The number of piperidine rings is 1. The van der Waals surface area contributed by atoms with Gasteiger partial charge in [0.1, 0.15) is 6.04 Å². The first-order valence-electron chi connectivity index (χ1n) is 8.67. The van der Waals surface area contributed by atoms with Gasteiger partial charge in [-0.25, -0.2) is 0 Å². The topological polar surface area (TPSA) is 78.5 Å². The number of likely N-dealkylation sites (tertiary alicyclic amines) is 1. The van der Waals surface area contributed by atoms with E-state index in [1.807, 2.05) is 18.7 Å². The molecular weight excluding hydrogens is 294 g/mol. The fraction of sp³-hybridized carbons (Fsp3) is 0.824. The summed E-state index contributed by atoms with van der Waals surface area (Å²) in [5.74, 6) is 0.0295. The van der Waals surface area contributed by atoms with Gasteiger partial charge in [0.25, 0.3) is 0 Å². The predicted molar refractivity (Wildman–Crippen MR) is 89.7 cm³/mol. The van der Waals surface area contributed by atoms with E-state index in [1.165, 1.54) is 0 Å². The van der Waals surface area contributed by atoms with Crippen LogP contribution in [0.25, 0.3) is 0 Å². The van der Waals surface area contributed by atoms with E-state index in [1.54, 1.807) is 6.92 Å². The molecule has 0 unspecified atom stereocenters. The standard InChI is InChI=1S/C17H31N3O3/c1-12(2)11-16(22)18-9-8-15(21)19-14(4)17(23)20-10-6-5-7-13(20)3/h12-14H,5-11H2,1-4H3,(H,18,22)(H,19,21)/t13-,14+/m1/s1. The Morgan fingerprint density at radius 1 is 1.13 bits per heavy atom. The molecule has 0 aromatic carbocycles. The van der Waals surface area contributed by atoms with E-state index in [9.17, 15) is 14.4 Å². The van der Waals surface area contributed by atoms with Crippen LogP contribution in [-0.2, 0) is 14.4 Å². The number of hydrogen-bond donors (Lipinski definition) is 2. The zero-order valence-corrected chi connectivity index (χ0v) is 14.9. The highest BCUT2D eigenvalue weighted by Gasteiger charge is 2.27. The van der Waals surface area contributed by atoms with E-state index in [4.69, 9.17) is 0 Å². The van der Waals surface area contributed by atoms with E-state index in [-0.39, 0.29) is 30.2 Å². The van der Waals surface area contributed by atoms with Crippen LogP contribution in [0.15, 0.2) is 0 Å². The Kier molecular flexibility index (Phi) is 8.06. The lowest BCUT2D eigenvalue weighted by Crippen LogP contribution is -2.51. The molecule has 2 atom stereocenters. The Morgan fingerprint density at radius 3 is 2.43 bits per heavy atom. The Labute approximate surface area is 139 Å². The molecule has 0 aliphatic carbocycles. The van der Waals surface area contributed by atoms with E-state index in [0.29, 0.717) is 18.9 Å². The van der Waals surface area contributed by atoms with Crippen molar-refractivity contribution in [1.29, 1.82) is 0 Å². The molecule has 0 spiro atoms. The molecule has 1 fully saturated rings. The quantitative estimate of drug-likeness (QED) is 0.743. The largest absolute Gasteiger partial charge is 0.356 e. The predicted octanol–water partition coefficient (Wildman–Crippen LogP) is 1.44. The molecule has 1 aliphatic heterocycles. The van der Waals surface area contributed by atoms with Crippen LogP contribution in [0.1, 0.15) is 59.8 Å². The third kappa shape index (κ3) is 7.01. The average Bonchev–Trinajstić information content (AvgIpc) is 2.46. The second kappa shape index (κ2) is 9.53. The van der Waals surface area contributed by atoms with Gasteiger partial charge in [-0.2, -0.15) is 0 Å². The number of hydrogen-bond acceptors (Lipinski definition) is 3. The molecule has 0 aromatic heterocycles. The van der Waals surface area contributed by atoms with Crippen LogP contribution in [0.4, 0.5) is 0 Å². The van der Waals surface area contributed by atoms with Crippen molar-refractivity contribution in [2.75, 3.05) is 13.1 Å². The molecule has 23 heavy (non-hydrogen) atoms. The first kappa shape index (κ1) is 19.5. The maximum absolute atomic E-state index is 12.4. The highest BCUT2D eigenvalue weighted by atomic mass is 16.2. The van der Waals surface area contributed by atoms with E-state index >= 15 is 0 Å². The molecule has 2 N–H and O–H groups in total. The lowest BCUT2D eigenvalue weighted by atomic mass is 10.0. The fourth-order valence-electron chi connectivity index (χ4n) is 2.81. The summed E-state index contributed by atoms with van der Waals surface area (Å²) in [6.07, 6.45) is 3.86. The van der Waals surface area contributed by atoms with Gasteiger partial charge in [0.05, 0.1) is 0 Å². The van der Waals surface area contributed by atoms with Gasteiger partial charge in [-0.1, -0.05) is 13.8 Å². The molecule has 1 saturated heterocycles. The van der Waals surface area contributed by atoms with Gasteiger partial charge in [-0.3, -0.25) is 14.4 Å². The molecule has 132 valence electrons. The van der Waals surface area contributed by atoms with Crippen molar-refractivity contribution in [1.82, 2.24) is 15.5 Å². The summed E-state index contributed by atoms with van der Waals surface area (Å²) in [7, 11) is 0. The van der Waals surface area contributed by atoms with Crippen molar-refractivity contribution in [3.05, 3.63) is 0 Å². The second-order valence-corrected chi connectivity index (χ2v) is 6.86. The highest BCUT2D eigenvalue weighted by Crippen LogP contribution is 2.17. The Bertz CT molecular complexity index is 423. The van der Waals surface area contributed by atoms with Gasteiger partial charge >= 0.3 is 0 Å². The SMILES string of the molecule is CC(C)CC(=O)NCCC(=O)N[C@@H](C)C(=O)N1CCCC[C@H]1C. The van der Waals surface area contributed by atoms with E-state index in [2.05, 4.69) is 17.6 Å². The fourth-order valence-corrected chi connectivity index (χ4v) is 2.81. The summed E-state index contributed by atoms with van der Waals surface area (Å²) in [4.78, 5) is 37.6. The van der Waals surface area contributed by atoms with Gasteiger partial charge in [-0.15, -0.1) is 0 Å². The van der Waals surface area contributed by atoms with Crippen LogP contribution in [0.2, 0.25) is 0 Å². The maximum Gasteiger partial charge on any atom is 0.245 e. The number of rotatable bonds is 7. The summed E-state index contributed by atoms with van der Waals surface area (Å²) >= 11 is 0. The minimum atomic E-state index is -0.519. The first-order chi connectivity index (χ1) is 10.8. The number of nitrogens with one attached hydrogen (secondary N) is 2. The van der Waals surface area contributed by atoms with Crippen molar-refractivity contribution >= 4 is 17.7 Å². The van der Waals surface area contributed by atoms with Gasteiger partial charge in [0.15, 0.2) is 0 Å². The van der Waals surface area contributed by atoms with Crippen LogP contribution in [0, 0.1) is 5.92 Å². The monoisotopic (exact) mass is 325 g/mol. The van der Waals surface area contributed by atoms with Crippen LogP contribution in [0.3, 0.4) is 0 Å². The molecule has 6 heteroatoms. The smallest absolute Gasteiger partial charge is 0.245 e. The average molecular weight is 325 g/mol. The minimum Gasteiger partial charge on any atom is -0.356 e. The molecule has 3 amide bonds. The summed E-state index contributed by atoms with van der Waals surface area (Å²) < 4.78 is 0. The zero-order valence-electron chi connectivity index (χ0n) is 14.9. The summed E-state index contributed by atoms with van der Waals surface area (Å²) in [6.45, 7) is 8.79. The number of carbonyl (C=O) groups excluding carboxylic acids is 3.